The molecule has 1 rings (SSSR count). The van der Waals surface area contributed by atoms with Gasteiger partial charge < -0.3 is 14.9 Å². The van der Waals surface area contributed by atoms with Crippen molar-refractivity contribution in [2.75, 3.05) is 0 Å². The number of phenolic OH excluding ortho intramolecular Hbond substituents is 1. The van der Waals surface area contributed by atoms with Gasteiger partial charge in [0.05, 0.1) is 0 Å². The lowest BCUT2D eigenvalue weighted by Gasteiger charge is -1.82. The Hall–Kier alpha value is -0.410. The van der Waals surface area contributed by atoms with Crippen molar-refractivity contribution >= 4 is 19.0 Å². The summed E-state index contributed by atoms with van der Waals surface area (Å²) in [4.78, 5) is 15.1. The fourth-order valence-corrected chi connectivity index (χ4v) is 0.428. The number of aromatic hydroxyl groups is 1. The molecule has 0 bridgehead atoms. The van der Waals surface area contributed by atoms with Crippen LogP contribution in [0.5, 0.6) is 5.75 Å². The standard InChI is InChI=1S/C6H6O.H3O2PS/c7-6-4-2-1-3-5-6;1-3(2)4/h1-5,7H;3H,(H2,1,2,4). The summed E-state index contributed by atoms with van der Waals surface area (Å²) < 4.78 is 0. The van der Waals surface area contributed by atoms with Crippen LogP contribution in [0.15, 0.2) is 30.3 Å². The lowest BCUT2D eigenvalue weighted by atomic mass is 10.3. The van der Waals surface area contributed by atoms with Crippen LogP contribution < -0.4 is 0 Å². The Balaban J connectivity index is 0.000000218. The van der Waals surface area contributed by atoms with Gasteiger partial charge >= 0.3 is 0 Å². The summed E-state index contributed by atoms with van der Waals surface area (Å²) in [5.41, 5.74) is 0. The van der Waals surface area contributed by atoms with Gasteiger partial charge in [0.25, 0.3) is 0 Å². The first-order valence-electron chi connectivity index (χ1n) is 2.79. The molecule has 0 spiro atoms. The molecule has 0 aliphatic heterocycles. The molecule has 62 valence electrons. The van der Waals surface area contributed by atoms with Gasteiger partial charge in [-0.05, 0) is 23.9 Å². The van der Waals surface area contributed by atoms with Crippen LogP contribution in [0.25, 0.3) is 0 Å². The van der Waals surface area contributed by atoms with E-state index in [1.54, 1.807) is 24.3 Å². The summed E-state index contributed by atoms with van der Waals surface area (Å²) in [5.74, 6) is 0.322. The normalized spacial score (nSPS) is 8.64. The topological polar surface area (TPSA) is 60.7 Å². The smallest absolute Gasteiger partial charge is 0.170 e. The van der Waals surface area contributed by atoms with Crippen molar-refractivity contribution in [1.82, 2.24) is 0 Å². The van der Waals surface area contributed by atoms with E-state index in [4.69, 9.17) is 14.9 Å². The Bertz CT molecular complexity index is 210. The third-order valence-corrected chi connectivity index (χ3v) is 0.756. The Morgan fingerprint density at radius 1 is 1.09 bits per heavy atom. The number of hydrogen-bond acceptors (Lipinski definition) is 2. The second-order valence-corrected chi connectivity index (χ2v) is 3.28. The maximum atomic E-state index is 8.63. The number of hydrogen-bond donors (Lipinski definition) is 3. The lowest BCUT2D eigenvalue weighted by molar-refractivity contribution is 0.475. The first kappa shape index (κ1) is 10.6. The van der Waals surface area contributed by atoms with E-state index in [0.717, 1.165) is 0 Å². The largest absolute Gasteiger partial charge is 0.508 e. The van der Waals surface area contributed by atoms with Crippen molar-refractivity contribution in [3.63, 3.8) is 0 Å². The van der Waals surface area contributed by atoms with Gasteiger partial charge in [0.2, 0.25) is 0 Å². The van der Waals surface area contributed by atoms with Gasteiger partial charge in [-0.3, -0.25) is 0 Å². The molecular weight excluding hydrogens is 183 g/mol. The van der Waals surface area contributed by atoms with E-state index in [-0.39, 0.29) is 0 Å². The third kappa shape index (κ3) is 9.59. The molecule has 0 unspecified atom stereocenters. The van der Waals surface area contributed by atoms with E-state index in [1.807, 2.05) is 6.07 Å². The molecule has 0 saturated heterocycles. The zero-order chi connectivity index (χ0) is 8.69. The molecule has 1 aromatic rings. The van der Waals surface area contributed by atoms with Gasteiger partial charge in [-0.15, -0.1) is 0 Å². The average molecular weight is 192 g/mol. The molecule has 0 amide bonds. The van der Waals surface area contributed by atoms with Gasteiger partial charge in [-0.1, -0.05) is 18.2 Å². The Morgan fingerprint density at radius 3 is 1.64 bits per heavy atom. The first-order valence-corrected chi connectivity index (χ1v) is 5.31. The van der Waals surface area contributed by atoms with E-state index in [0.29, 0.717) is 5.75 Å². The molecule has 11 heavy (non-hydrogen) atoms. The van der Waals surface area contributed by atoms with Crippen molar-refractivity contribution in [1.29, 1.82) is 0 Å². The van der Waals surface area contributed by atoms with Crippen LogP contribution in [-0.2, 0) is 11.8 Å². The molecule has 1 aromatic carbocycles. The molecular formula is C6H9O3PS. The highest BCUT2D eigenvalue weighted by Gasteiger charge is 1.74. The Kier molecular flexibility index (Phi) is 6.07. The minimum Gasteiger partial charge on any atom is -0.508 e. The van der Waals surface area contributed by atoms with Gasteiger partial charge in [0.1, 0.15) is 5.75 Å². The summed E-state index contributed by atoms with van der Waals surface area (Å²) in [6.45, 7) is 0. The van der Waals surface area contributed by atoms with E-state index in [1.165, 1.54) is 0 Å². The van der Waals surface area contributed by atoms with E-state index >= 15 is 0 Å². The van der Waals surface area contributed by atoms with E-state index in [2.05, 4.69) is 11.8 Å². The van der Waals surface area contributed by atoms with Crippen LogP contribution >= 0.6 is 7.15 Å². The summed E-state index contributed by atoms with van der Waals surface area (Å²) >= 11 is 3.83. The first-order chi connectivity index (χ1) is 5.13. The fourth-order valence-electron chi connectivity index (χ4n) is 0.428. The molecule has 0 heterocycles. The van der Waals surface area contributed by atoms with Crippen LogP contribution in [0.4, 0.5) is 0 Å². The van der Waals surface area contributed by atoms with E-state index < -0.39 is 7.15 Å². The SMILES string of the molecule is O[PH](O)=S.Oc1ccccc1. The molecule has 3 nitrogen and oxygen atoms in total. The predicted molar refractivity (Wildman–Crippen MR) is 48.2 cm³/mol. The number of para-hydroxylation sites is 1. The molecule has 0 aliphatic rings. The number of phenols is 1. The van der Waals surface area contributed by atoms with Crippen LogP contribution in [0, 0.1) is 0 Å². The quantitative estimate of drug-likeness (QED) is 0.534. The monoisotopic (exact) mass is 192 g/mol. The molecule has 0 aromatic heterocycles. The van der Waals surface area contributed by atoms with Gasteiger partial charge in [-0.2, -0.15) is 0 Å². The van der Waals surface area contributed by atoms with Gasteiger partial charge in [0, 0.05) is 0 Å². The van der Waals surface area contributed by atoms with Crippen molar-refractivity contribution in [3.8, 4) is 5.75 Å². The number of benzene rings is 1. The fraction of sp³-hybridized carbons (Fsp3) is 0. The second kappa shape index (κ2) is 6.31. The second-order valence-electron chi connectivity index (χ2n) is 1.62. The minimum absolute atomic E-state index is 0.322. The highest BCUT2D eigenvalue weighted by atomic mass is 32.4. The summed E-state index contributed by atoms with van der Waals surface area (Å²) in [6.07, 6.45) is 0. The van der Waals surface area contributed by atoms with Crippen LogP contribution in [0.1, 0.15) is 0 Å². The Labute approximate surface area is 70.5 Å². The molecule has 0 fully saturated rings. The molecule has 3 N–H and O–H groups in total. The average Bonchev–Trinajstić information content (AvgIpc) is 1.87. The summed E-state index contributed by atoms with van der Waals surface area (Å²) in [6, 6.07) is 8.71. The summed E-state index contributed by atoms with van der Waals surface area (Å²) in [5, 5.41) is 8.63. The molecule has 0 aliphatic carbocycles. The van der Waals surface area contributed by atoms with Crippen molar-refractivity contribution in [2.45, 2.75) is 0 Å². The number of rotatable bonds is 0. The molecule has 0 saturated carbocycles. The van der Waals surface area contributed by atoms with Crippen LogP contribution in [0.2, 0.25) is 0 Å². The summed E-state index contributed by atoms with van der Waals surface area (Å²) in [7, 11) is -2.30. The Morgan fingerprint density at radius 2 is 1.45 bits per heavy atom. The van der Waals surface area contributed by atoms with Crippen LogP contribution in [-0.4, -0.2) is 14.9 Å². The third-order valence-electron chi connectivity index (χ3n) is 0.756. The molecule has 0 atom stereocenters. The lowest BCUT2D eigenvalue weighted by Crippen LogP contribution is -1.56. The minimum atomic E-state index is -2.30. The molecule has 5 heteroatoms. The van der Waals surface area contributed by atoms with Gasteiger partial charge in [0.15, 0.2) is 7.15 Å². The highest BCUT2D eigenvalue weighted by molar-refractivity contribution is 7.99. The van der Waals surface area contributed by atoms with Crippen LogP contribution in [0.3, 0.4) is 0 Å². The predicted octanol–water partition coefficient (Wildman–Crippen LogP) is 0.869. The van der Waals surface area contributed by atoms with Crippen molar-refractivity contribution in [3.05, 3.63) is 30.3 Å². The van der Waals surface area contributed by atoms with Crippen molar-refractivity contribution in [2.24, 2.45) is 0 Å². The van der Waals surface area contributed by atoms with Crippen molar-refractivity contribution < 1.29 is 14.9 Å². The maximum Gasteiger partial charge on any atom is 0.170 e. The highest BCUT2D eigenvalue weighted by Crippen LogP contribution is 2.02. The van der Waals surface area contributed by atoms with E-state index in [9.17, 15) is 0 Å². The zero-order valence-electron chi connectivity index (χ0n) is 5.64. The zero-order valence-corrected chi connectivity index (χ0v) is 7.45. The molecule has 0 radical (unpaired) electrons. The van der Waals surface area contributed by atoms with Gasteiger partial charge in [-0.25, -0.2) is 0 Å². The maximum absolute atomic E-state index is 8.63.